The number of para-hydroxylation sites is 1. The van der Waals surface area contributed by atoms with Crippen LogP contribution in [0.5, 0.6) is 0 Å². The summed E-state index contributed by atoms with van der Waals surface area (Å²) in [4.78, 5) is 16.8. The Morgan fingerprint density at radius 2 is 1.56 bits per heavy atom. The second kappa shape index (κ2) is 8.65. The van der Waals surface area contributed by atoms with Crippen LogP contribution in [0.1, 0.15) is 11.1 Å². The highest BCUT2D eigenvalue weighted by Gasteiger charge is 2.13. The highest BCUT2D eigenvalue weighted by molar-refractivity contribution is 5.89. The van der Waals surface area contributed by atoms with Gasteiger partial charge >= 0.3 is 6.03 Å². The summed E-state index contributed by atoms with van der Waals surface area (Å²) in [5.74, 6) is 0. The number of piperazine rings is 1. The minimum absolute atomic E-state index is 0.187. The van der Waals surface area contributed by atoms with E-state index in [1.165, 1.54) is 5.56 Å². The highest BCUT2D eigenvalue weighted by Crippen LogP contribution is 2.10. The molecule has 2 N–H and O–H groups in total. The molecule has 5 nitrogen and oxygen atoms in total. The van der Waals surface area contributed by atoms with E-state index in [0.29, 0.717) is 6.54 Å². The van der Waals surface area contributed by atoms with Gasteiger partial charge in [-0.1, -0.05) is 42.5 Å². The summed E-state index contributed by atoms with van der Waals surface area (Å²) in [6.45, 7) is 6.04. The molecule has 0 radical (unpaired) electrons. The van der Waals surface area contributed by atoms with E-state index in [2.05, 4.69) is 51.7 Å². The topological polar surface area (TPSA) is 47.6 Å². The molecule has 0 atom stereocenters. The quantitative estimate of drug-likeness (QED) is 0.881. The maximum Gasteiger partial charge on any atom is 0.319 e. The van der Waals surface area contributed by atoms with Crippen LogP contribution in [0.2, 0.25) is 0 Å². The van der Waals surface area contributed by atoms with Crippen molar-refractivity contribution in [1.29, 1.82) is 0 Å². The number of carbonyl (C=O) groups excluding carboxylic acids is 1. The van der Waals surface area contributed by atoms with Crippen molar-refractivity contribution in [3.8, 4) is 0 Å². The van der Waals surface area contributed by atoms with Crippen LogP contribution in [0.4, 0.5) is 10.5 Å². The molecule has 2 amide bonds. The lowest BCUT2D eigenvalue weighted by Gasteiger charge is -2.32. The van der Waals surface area contributed by atoms with E-state index < -0.39 is 0 Å². The van der Waals surface area contributed by atoms with Gasteiger partial charge in [0.15, 0.2) is 0 Å². The molecule has 0 bridgehead atoms. The average molecular weight is 338 g/mol. The normalized spacial score (nSPS) is 15.7. The van der Waals surface area contributed by atoms with Crippen LogP contribution in [0.3, 0.4) is 0 Å². The Morgan fingerprint density at radius 1 is 0.920 bits per heavy atom. The first-order chi connectivity index (χ1) is 12.2. The van der Waals surface area contributed by atoms with Crippen LogP contribution in [0.25, 0.3) is 0 Å². The second-order valence-electron chi connectivity index (χ2n) is 6.57. The highest BCUT2D eigenvalue weighted by atomic mass is 16.2. The summed E-state index contributed by atoms with van der Waals surface area (Å²) in [6, 6.07) is 17.8. The average Bonchev–Trinajstić information content (AvgIpc) is 2.64. The molecule has 0 aliphatic carbocycles. The smallest absolute Gasteiger partial charge is 0.319 e. The van der Waals surface area contributed by atoms with Gasteiger partial charge in [0.05, 0.1) is 0 Å². The van der Waals surface area contributed by atoms with Crippen molar-refractivity contribution in [1.82, 2.24) is 15.1 Å². The molecular weight excluding hydrogens is 312 g/mol. The maximum atomic E-state index is 11.9. The van der Waals surface area contributed by atoms with E-state index in [4.69, 9.17) is 0 Å². The van der Waals surface area contributed by atoms with Crippen molar-refractivity contribution in [2.45, 2.75) is 13.1 Å². The molecule has 2 aromatic carbocycles. The number of likely N-dealkylation sites (N-methyl/N-ethyl adjacent to an activating group) is 1. The van der Waals surface area contributed by atoms with Crippen LogP contribution in [0, 0.1) is 0 Å². The summed E-state index contributed by atoms with van der Waals surface area (Å²) in [7, 11) is 2.17. The van der Waals surface area contributed by atoms with Gasteiger partial charge in [-0.15, -0.1) is 0 Å². The molecule has 0 spiro atoms. The van der Waals surface area contributed by atoms with E-state index in [-0.39, 0.29) is 6.03 Å². The van der Waals surface area contributed by atoms with E-state index in [0.717, 1.165) is 44.0 Å². The van der Waals surface area contributed by atoms with Gasteiger partial charge in [-0.2, -0.15) is 0 Å². The SMILES string of the molecule is CN1CCN(Cc2ccc(CNC(=O)Nc3ccccc3)cc2)CC1. The third kappa shape index (κ3) is 5.59. The largest absolute Gasteiger partial charge is 0.334 e. The Hall–Kier alpha value is -2.37. The third-order valence-electron chi connectivity index (χ3n) is 4.51. The molecule has 1 aliphatic rings. The summed E-state index contributed by atoms with van der Waals surface area (Å²) < 4.78 is 0. The molecule has 0 aromatic heterocycles. The van der Waals surface area contributed by atoms with Crippen molar-refractivity contribution in [2.75, 3.05) is 38.5 Å². The first-order valence-corrected chi connectivity index (χ1v) is 8.78. The lowest BCUT2D eigenvalue weighted by Crippen LogP contribution is -2.43. The summed E-state index contributed by atoms with van der Waals surface area (Å²) in [5, 5.41) is 5.71. The van der Waals surface area contributed by atoms with Crippen LogP contribution in [-0.4, -0.2) is 49.1 Å². The minimum Gasteiger partial charge on any atom is -0.334 e. The van der Waals surface area contributed by atoms with Crippen molar-refractivity contribution in [3.05, 3.63) is 65.7 Å². The fourth-order valence-electron chi connectivity index (χ4n) is 2.91. The predicted octanol–water partition coefficient (Wildman–Crippen LogP) is 2.76. The molecular formula is C20H26N4O. The van der Waals surface area contributed by atoms with Crippen LogP contribution in [-0.2, 0) is 13.1 Å². The molecule has 1 aliphatic heterocycles. The van der Waals surface area contributed by atoms with E-state index in [1.54, 1.807) is 0 Å². The Morgan fingerprint density at radius 3 is 2.24 bits per heavy atom. The number of benzene rings is 2. The molecule has 0 saturated carbocycles. The number of nitrogens with one attached hydrogen (secondary N) is 2. The van der Waals surface area contributed by atoms with E-state index in [1.807, 2.05) is 30.3 Å². The van der Waals surface area contributed by atoms with Crippen molar-refractivity contribution in [2.24, 2.45) is 0 Å². The van der Waals surface area contributed by atoms with Crippen molar-refractivity contribution in [3.63, 3.8) is 0 Å². The molecule has 5 heteroatoms. The predicted molar refractivity (Wildman–Crippen MR) is 102 cm³/mol. The van der Waals surface area contributed by atoms with Crippen LogP contribution < -0.4 is 10.6 Å². The van der Waals surface area contributed by atoms with Crippen LogP contribution >= 0.6 is 0 Å². The Kier molecular flexibility index (Phi) is 6.04. The van der Waals surface area contributed by atoms with Crippen LogP contribution in [0.15, 0.2) is 54.6 Å². The maximum absolute atomic E-state index is 11.9. The van der Waals surface area contributed by atoms with Gasteiger partial charge in [0.25, 0.3) is 0 Å². The fourth-order valence-corrected chi connectivity index (χ4v) is 2.91. The summed E-state index contributed by atoms with van der Waals surface area (Å²) in [6.07, 6.45) is 0. The van der Waals surface area contributed by atoms with Gasteiger partial charge in [0, 0.05) is 45.0 Å². The Bertz CT molecular complexity index is 664. The zero-order chi connectivity index (χ0) is 17.5. The van der Waals surface area contributed by atoms with Crippen molar-refractivity contribution >= 4 is 11.7 Å². The summed E-state index contributed by atoms with van der Waals surface area (Å²) in [5.41, 5.74) is 3.22. The zero-order valence-corrected chi connectivity index (χ0v) is 14.7. The molecule has 1 fully saturated rings. The standard InChI is InChI=1S/C20H26N4O/c1-23-11-13-24(14-12-23)16-18-9-7-17(8-10-18)15-21-20(25)22-19-5-3-2-4-6-19/h2-10H,11-16H2,1H3,(H2,21,22,25). The molecule has 132 valence electrons. The fraction of sp³-hybridized carbons (Fsp3) is 0.350. The first kappa shape index (κ1) is 17.5. The third-order valence-corrected chi connectivity index (χ3v) is 4.51. The van der Waals surface area contributed by atoms with Gasteiger partial charge < -0.3 is 15.5 Å². The van der Waals surface area contributed by atoms with E-state index >= 15 is 0 Å². The van der Waals surface area contributed by atoms with Crippen molar-refractivity contribution < 1.29 is 4.79 Å². The molecule has 3 rings (SSSR count). The molecule has 1 saturated heterocycles. The van der Waals surface area contributed by atoms with Gasteiger partial charge in [0.1, 0.15) is 0 Å². The number of nitrogens with zero attached hydrogens (tertiary/aromatic N) is 2. The molecule has 25 heavy (non-hydrogen) atoms. The number of carbonyl (C=O) groups is 1. The number of hydrogen-bond acceptors (Lipinski definition) is 3. The van der Waals surface area contributed by atoms with Gasteiger partial charge in [-0.25, -0.2) is 4.79 Å². The molecule has 2 aromatic rings. The molecule has 1 heterocycles. The number of anilines is 1. The Balaban J connectivity index is 1.43. The van der Waals surface area contributed by atoms with Gasteiger partial charge in [0.2, 0.25) is 0 Å². The number of amides is 2. The number of rotatable bonds is 5. The second-order valence-corrected chi connectivity index (χ2v) is 6.57. The van der Waals surface area contributed by atoms with E-state index in [9.17, 15) is 4.79 Å². The number of urea groups is 1. The summed E-state index contributed by atoms with van der Waals surface area (Å²) >= 11 is 0. The molecule has 0 unspecified atom stereocenters. The van der Waals surface area contributed by atoms with Gasteiger partial charge in [-0.05, 0) is 30.3 Å². The lowest BCUT2D eigenvalue weighted by atomic mass is 10.1. The zero-order valence-electron chi connectivity index (χ0n) is 14.7. The monoisotopic (exact) mass is 338 g/mol. The number of hydrogen-bond donors (Lipinski definition) is 2. The lowest BCUT2D eigenvalue weighted by molar-refractivity contribution is 0.148. The van der Waals surface area contributed by atoms with Gasteiger partial charge in [-0.3, -0.25) is 4.90 Å². The first-order valence-electron chi connectivity index (χ1n) is 8.78. The minimum atomic E-state index is -0.187. The Labute approximate surface area is 149 Å².